The molecular formula is C10H6Cl2FN3. The molecule has 3 nitrogen and oxygen atoms in total. The SMILES string of the molecule is Fc1cc(Cl)cc(Nc2ccc(Cl)nn2)c1. The second-order valence-electron chi connectivity index (χ2n) is 3.02. The molecular weight excluding hydrogens is 252 g/mol. The zero-order valence-corrected chi connectivity index (χ0v) is 9.43. The van der Waals surface area contributed by atoms with E-state index < -0.39 is 5.82 Å². The Kier molecular flexibility index (Phi) is 3.22. The van der Waals surface area contributed by atoms with Crippen LogP contribution in [-0.4, -0.2) is 10.2 Å². The zero-order chi connectivity index (χ0) is 11.5. The van der Waals surface area contributed by atoms with Crippen LogP contribution < -0.4 is 5.32 Å². The molecule has 2 rings (SSSR count). The molecule has 1 aromatic heterocycles. The quantitative estimate of drug-likeness (QED) is 0.893. The fourth-order valence-corrected chi connectivity index (χ4v) is 1.48. The molecule has 0 atom stereocenters. The first-order valence-electron chi connectivity index (χ1n) is 4.36. The first-order chi connectivity index (χ1) is 7.63. The summed E-state index contributed by atoms with van der Waals surface area (Å²) in [5.41, 5.74) is 0.502. The van der Waals surface area contributed by atoms with E-state index in [1.165, 1.54) is 12.1 Å². The minimum atomic E-state index is -0.420. The van der Waals surface area contributed by atoms with Crippen molar-refractivity contribution in [3.63, 3.8) is 0 Å². The molecule has 0 aliphatic heterocycles. The average molecular weight is 258 g/mol. The molecule has 82 valence electrons. The summed E-state index contributed by atoms with van der Waals surface area (Å²) in [6, 6.07) is 7.33. The van der Waals surface area contributed by atoms with Crippen LogP contribution in [0.3, 0.4) is 0 Å². The van der Waals surface area contributed by atoms with Gasteiger partial charge in [-0.3, -0.25) is 0 Å². The van der Waals surface area contributed by atoms with Gasteiger partial charge in [-0.1, -0.05) is 23.2 Å². The lowest BCUT2D eigenvalue weighted by molar-refractivity contribution is 0.628. The van der Waals surface area contributed by atoms with Crippen molar-refractivity contribution in [3.8, 4) is 0 Å². The Morgan fingerprint density at radius 3 is 2.50 bits per heavy atom. The summed E-state index contributed by atoms with van der Waals surface area (Å²) in [7, 11) is 0. The molecule has 0 spiro atoms. The van der Waals surface area contributed by atoms with Gasteiger partial charge in [0.2, 0.25) is 0 Å². The number of nitrogens with zero attached hydrogens (tertiary/aromatic N) is 2. The number of rotatable bonds is 2. The van der Waals surface area contributed by atoms with E-state index in [4.69, 9.17) is 23.2 Å². The Bertz CT molecular complexity index is 482. The third kappa shape index (κ3) is 2.81. The zero-order valence-electron chi connectivity index (χ0n) is 7.92. The number of aromatic nitrogens is 2. The average Bonchev–Trinajstić information content (AvgIpc) is 2.20. The van der Waals surface area contributed by atoms with Gasteiger partial charge in [-0.2, -0.15) is 0 Å². The summed E-state index contributed by atoms with van der Waals surface area (Å²) in [6.07, 6.45) is 0. The van der Waals surface area contributed by atoms with Crippen LogP contribution in [0.25, 0.3) is 0 Å². The van der Waals surface area contributed by atoms with Gasteiger partial charge in [-0.25, -0.2) is 4.39 Å². The van der Waals surface area contributed by atoms with Gasteiger partial charge >= 0.3 is 0 Å². The first kappa shape index (κ1) is 11.1. The molecule has 0 radical (unpaired) electrons. The van der Waals surface area contributed by atoms with Crippen molar-refractivity contribution in [3.05, 3.63) is 46.3 Å². The predicted octanol–water partition coefficient (Wildman–Crippen LogP) is 3.67. The standard InChI is InChI=1S/C10H6Cl2FN3/c11-6-3-7(13)5-8(4-6)14-10-2-1-9(12)15-16-10/h1-5H,(H,14,16). The molecule has 0 bridgehead atoms. The number of nitrogens with one attached hydrogen (secondary N) is 1. The minimum Gasteiger partial charge on any atom is -0.339 e. The molecule has 0 amide bonds. The lowest BCUT2D eigenvalue weighted by Crippen LogP contribution is -1.95. The van der Waals surface area contributed by atoms with Crippen molar-refractivity contribution in [2.24, 2.45) is 0 Å². The molecule has 0 saturated carbocycles. The summed E-state index contributed by atoms with van der Waals surface area (Å²) in [5.74, 6) is 0.0444. The Morgan fingerprint density at radius 1 is 1.06 bits per heavy atom. The number of benzene rings is 1. The van der Waals surface area contributed by atoms with E-state index in [-0.39, 0.29) is 0 Å². The molecule has 6 heteroatoms. The van der Waals surface area contributed by atoms with Crippen LogP contribution in [0.15, 0.2) is 30.3 Å². The van der Waals surface area contributed by atoms with Crippen LogP contribution in [0.2, 0.25) is 10.2 Å². The largest absolute Gasteiger partial charge is 0.339 e. The van der Waals surface area contributed by atoms with Crippen molar-refractivity contribution in [1.29, 1.82) is 0 Å². The Balaban J connectivity index is 2.23. The number of hydrogen-bond donors (Lipinski definition) is 1. The summed E-state index contributed by atoms with van der Waals surface area (Å²) in [4.78, 5) is 0. The van der Waals surface area contributed by atoms with Gasteiger partial charge in [0.15, 0.2) is 11.0 Å². The van der Waals surface area contributed by atoms with Crippen molar-refractivity contribution in [2.75, 3.05) is 5.32 Å². The molecule has 1 aromatic carbocycles. The van der Waals surface area contributed by atoms with Crippen molar-refractivity contribution >= 4 is 34.7 Å². The van der Waals surface area contributed by atoms with E-state index in [2.05, 4.69) is 15.5 Å². The van der Waals surface area contributed by atoms with Crippen LogP contribution >= 0.6 is 23.2 Å². The Labute approximate surface area is 101 Å². The highest BCUT2D eigenvalue weighted by Crippen LogP contribution is 2.21. The van der Waals surface area contributed by atoms with Gasteiger partial charge in [0.25, 0.3) is 0 Å². The second-order valence-corrected chi connectivity index (χ2v) is 3.85. The molecule has 0 fully saturated rings. The number of anilines is 2. The van der Waals surface area contributed by atoms with E-state index >= 15 is 0 Å². The third-order valence-electron chi connectivity index (χ3n) is 1.77. The predicted molar refractivity (Wildman–Crippen MR) is 61.7 cm³/mol. The summed E-state index contributed by atoms with van der Waals surface area (Å²) in [6.45, 7) is 0. The van der Waals surface area contributed by atoms with E-state index in [9.17, 15) is 4.39 Å². The van der Waals surface area contributed by atoms with Gasteiger partial charge in [-0.05, 0) is 30.3 Å². The highest BCUT2D eigenvalue weighted by atomic mass is 35.5. The topological polar surface area (TPSA) is 37.8 Å². The molecule has 0 aliphatic carbocycles. The fraction of sp³-hybridized carbons (Fsp3) is 0. The smallest absolute Gasteiger partial charge is 0.153 e. The van der Waals surface area contributed by atoms with Crippen LogP contribution in [0.1, 0.15) is 0 Å². The van der Waals surface area contributed by atoms with Gasteiger partial charge < -0.3 is 5.32 Å². The molecule has 0 saturated heterocycles. The van der Waals surface area contributed by atoms with Gasteiger partial charge in [0.1, 0.15) is 5.82 Å². The van der Waals surface area contributed by atoms with Crippen molar-refractivity contribution < 1.29 is 4.39 Å². The van der Waals surface area contributed by atoms with Crippen LogP contribution in [0, 0.1) is 5.82 Å². The summed E-state index contributed by atoms with van der Waals surface area (Å²) < 4.78 is 13.0. The van der Waals surface area contributed by atoms with E-state index in [1.54, 1.807) is 18.2 Å². The Hall–Kier alpha value is -1.39. The van der Waals surface area contributed by atoms with Gasteiger partial charge in [0, 0.05) is 10.7 Å². The van der Waals surface area contributed by atoms with E-state index in [0.29, 0.717) is 21.7 Å². The second kappa shape index (κ2) is 4.63. The Morgan fingerprint density at radius 2 is 1.88 bits per heavy atom. The van der Waals surface area contributed by atoms with E-state index in [1.807, 2.05) is 0 Å². The van der Waals surface area contributed by atoms with Crippen LogP contribution in [0.5, 0.6) is 0 Å². The molecule has 1 heterocycles. The lowest BCUT2D eigenvalue weighted by Gasteiger charge is -2.05. The highest BCUT2D eigenvalue weighted by Gasteiger charge is 2.01. The van der Waals surface area contributed by atoms with E-state index in [0.717, 1.165) is 0 Å². The van der Waals surface area contributed by atoms with Crippen LogP contribution in [-0.2, 0) is 0 Å². The molecule has 0 unspecified atom stereocenters. The van der Waals surface area contributed by atoms with Crippen LogP contribution in [0.4, 0.5) is 15.9 Å². The minimum absolute atomic E-state index is 0.294. The summed E-state index contributed by atoms with van der Waals surface area (Å²) in [5, 5.41) is 10.9. The van der Waals surface area contributed by atoms with Crippen molar-refractivity contribution in [2.45, 2.75) is 0 Å². The molecule has 0 aliphatic rings. The van der Waals surface area contributed by atoms with Crippen molar-refractivity contribution in [1.82, 2.24) is 10.2 Å². The maximum atomic E-state index is 13.0. The van der Waals surface area contributed by atoms with Gasteiger partial charge in [0.05, 0.1) is 0 Å². The van der Waals surface area contributed by atoms with Gasteiger partial charge in [-0.15, -0.1) is 10.2 Å². The fourth-order valence-electron chi connectivity index (χ4n) is 1.16. The normalized spacial score (nSPS) is 10.2. The lowest BCUT2D eigenvalue weighted by atomic mass is 10.3. The number of halogens is 3. The monoisotopic (exact) mass is 257 g/mol. The maximum absolute atomic E-state index is 13.0. The first-order valence-corrected chi connectivity index (χ1v) is 5.11. The molecule has 16 heavy (non-hydrogen) atoms. The third-order valence-corrected chi connectivity index (χ3v) is 2.19. The molecule has 1 N–H and O–H groups in total. The number of hydrogen-bond acceptors (Lipinski definition) is 3. The highest BCUT2D eigenvalue weighted by molar-refractivity contribution is 6.30. The summed E-state index contributed by atoms with van der Waals surface area (Å²) >= 11 is 11.3. The molecule has 2 aromatic rings. The maximum Gasteiger partial charge on any atom is 0.153 e.